The van der Waals surface area contributed by atoms with Crippen molar-refractivity contribution in [1.29, 1.82) is 0 Å². The molecule has 2 rings (SSSR count). The van der Waals surface area contributed by atoms with Gasteiger partial charge in [0, 0.05) is 32.2 Å². The van der Waals surface area contributed by atoms with E-state index in [0.29, 0.717) is 6.04 Å². The van der Waals surface area contributed by atoms with Crippen LogP contribution in [0.1, 0.15) is 58.8 Å². The maximum Gasteiger partial charge on any atom is 0.317 e. The Morgan fingerprint density at radius 1 is 1.24 bits per heavy atom. The van der Waals surface area contributed by atoms with Crippen molar-refractivity contribution in [2.75, 3.05) is 26.7 Å². The molecule has 2 fully saturated rings. The molecule has 0 spiro atoms. The van der Waals surface area contributed by atoms with E-state index >= 15 is 0 Å². The summed E-state index contributed by atoms with van der Waals surface area (Å²) in [4.78, 5) is 16.8. The number of nitrogens with one attached hydrogen (secondary N) is 1. The quantitative estimate of drug-likeness (QED) is 0.865. The standard InChI is InChI=1S/C17H33N3O/c1-14-8-7-11-20(12-14)13-15(2)18-17(21)19(3)16-9-5-4-6-10-16/h14-16H,4-13H2,1-3H3,(H,18,21). The first-order chi connectivity index (χ1) is 10.1. The predicted octanol–water partition coefficient (Wildman–Crippen LogP) is 3.08. The Morgan fingerprint density at radius 3 is 2.62 bits per heavy atom. The van der Waals surface area contributed by atoms with E-state index in [1.54, 1.807) is 0 Å². The molecule has 0 aromatic carbocycles. The molecule has 1 heterocycles. The average molecular weight is 295 g/mol. The van der Waals surface area contributed by atoms with Gasteiger partial charge >= 0.3 is 6.03 Å². The van der Waals surface area contributed by atoms with Crippen LogP contribution in [0, 0.1) is 5.92 Å². The minimum absolute atomic E-state index is 0.111. The summed E-state index contributed by atoms with van der Waals surface area (Å²) in [6, 6.07) is 0.786. The van der Waals surface area contributed by atoms with E-state index in [-0.39, 0.29) is 12.1 Å². The smallest absolute Gasteiger partial charge is 0.317 e. The summed E-state index contributed by atoms with van der Waals surface area (Å²) in [6.07, 6.45) is 8.85. The number of piperidine rings is 1. The molecule has 1 aliphatic heterocycles. The Bertz CT molecular complexity index is 328. The molecule has 0 aromatic heterocycles. The first-order valence-electron chi connectivity index (χ1n) is 8.82. The molecule has 21 heavy (non-hydrogen) atoms. The third kappa shape index (κ3) is 5.17. The Hall–Kier alpha value is -0.770. The topological polar surface area (TPSA) is 35.6 Å². The Balaban J connectivity index is 1.73. The van der Waals surface area contributed by atoms with Gasteiger partial charge in [0.1, 0.15) is 0 Å². The molecule has 2 unspecified atom stereocenters. The number of likely N-dealkylation sites (tertiary alicyclic amines) is 1. The van der Waals surface area contributed by atoms with E-state index < -0.39 is 0 Å². The summed E-state index contributed by atoms with van der Waals surface area (Å²) < 4.78 is 0. The molecular weight excluding hydrogens is 262 g/mol. The Labute approximate surface area is 130 Å². The number of amides is 2. The normalized spacial score (nSPS) is 26.3. The fourth-order valence-electron chi connectivity index (χ4n) is 3.83. The van der Waals surface area contributed by atoms with Crippen LogP contribution < -0.4 is 5.32 Å². The highest BCUT2D eigenvalue weighted by molar-refractivity contribution is 5.74. The summed E-state index contributed by atoms with van der Waals surface area (Å²) in [6.45, 7) is 7.80. The number of hydrogen-bond acceptors (Lipinski definition) is 2. The molecule has 4 heteroatoms. The summed E-state index contributed by atoms with van der Waals surface area (Å²) in [5.74, 6) is 0.798. The van der Waals surface area contributed by atoms with E-state index in [4.69, 9.17) is 0 Å². The lowest BCUT2D eigenvalue weighted by Crippen LogP contribution is -2.50. The van der Waals surface area contributed by atoms with Gasteiger partial charge in [-0.15, -0.1) is 0 Å². The van der Waals surface area contributed by atoms with Gasteiger partial charge in [0.25, 0.3) is 0 Å². The van der Waals surface area contributed by atoms with E-state index in [0.717, 1.165) is 12.5 Å². The lowest BCUT2D eigenvalue weighted by atomic mass is 9.95. The summed E-state index contributed by atoms with van der Waals surface area (Å²) in [5.41, 5.74) is 0. The van der Waals surface area contributed by atoms with Crippen molar-refractivity contribution in [2.45, 2.75) is 70.9 Å². The molecule has 1 N–H and O–H groups in total. The molecule has 1 saturated heterocycles. The number of rotatable bonds is 4. The van der Waals surface area contributed by atoms with Gasteiger partial charge in [-0.3, -0.25) is 0 Å². The van der Waals surface area contributed by atoms with Gasteiger partial charge in [-0.25, -0.2) is 4.79 Å². The maximum atomic E-state index is 12.4. The molecule has 4 nitrogen and oxygen atoms in total. The summed E-state index contributed by atoms with van der Waals surface area (Å²) >= 11 is 0. The molecule has 0 aromatic rings. The van der Waals surface area contributed by atoms with Crippen LogP contribution >= 0.6 is 0 Å². The predicted molar refractivity (Wildman–Crippen MR) is 87.5 cm³/mol. The van der Waals surface area contributed by atoms with Crippen LogP contribution in [0.5, 0.6) is 0 Å². The van der Waals surface area contributed by atoms with Crippen molar-refractivity contribution in [1.82, 2.24) is 15.1 Å². The van der Waals surface area contributed by atoms with Crippen LogP contribution in [0.4, 0.5) is 4.79 Å². The van der Waals surface area contributed by atoms with Gasteiger partial charge < -0.3 is 15.1 Å². The highest BCUT2D eigenvalue weighted by Gasteiger charge is 2.24. The van der Waals surface area contributed by atoms with Crippen molar-refractivity contribution in [3.05, 3.63) is 0 Å². The SMILES string of the molecule is CC1CCCN(CC(C)NC(=O)N(C)C2CCCCC2)C1. The first kappa shape index (κ1) is 16.6. The van der Waals surface area contributed by atoms with Gasteiger partial charge in [0.15, 0.2) is 0 Å². The second kappa shape index (κ2) is 8.02. The van der Waals surface area contributed by atoms with Gasteiger partial charge in [0.05, 0.1) is 0 Å². The largest absolute Gasteiger partial charge is 0.334 e. The van der Waals surface area contributed by atoms with Crippen LogP contribution in [-0.2, 0) is 0 Å². The third-order valence-corrected chi connectivity index (χ3v) is 5.09. The van der Waals surface area contributed by atoms with Crippen LogP contribution in [0.2, 0.25) is 0 Å². The fraction of sp³-hybridized carbons (Fsp3) is 0.941. The molecule has 2 atom stereocenters. The minimum atomic E-state index is 0.111. The van der Waals surface area contributed by atoms with Gasteiger partial charge in [-0.2, -0.15) is 0 Å². The zero-order chi connectivity index (χ0) is 15.2. The van der Waals surface area contributed by atoms with E-state index in [2.05, 4.69) is 24.1 Å². The summed E-state index contributed by atoms with van der Waals surface area (Å²) in [5, 5.41) is 3.18. The molecule has 122 valence electrons. The van der Waals surface area contributed by atoms with Crippen molar-refractivity contribution < 1.29 is 4.79 Å². The lowest BCUT2D eigenvalue weighted by molar-refractivity contribution is 0.153. The molecule has 1 aliphatic carbocycles. The molecule has 1 saturated carbocycles. The van der Waals surface area contributed by atoms with Gasteiger partial charge in [0.2, 0.25) is 0 Å². The second-order valence-corrected chi connectivity index (χ2v) is 7.26. The highest BCUT2D eigenvalue weighted by atomic mass is 16.2. The van der Waals surface area contributed by atoms with Crippen LogP contribution in [0.3, 0.4) is 0 Å². The highest BCUT2D eigenvalue weighted by Crippen LogP contribution is 2.21. The fourth-order valence-corrected chi connectivity index (χ4v) is 3.83. The Morgan fingerprint density at radius 2 is 1.95 bits per heavy atom. The monoisotopic (exact) mass is 295 g/mol. The number of urea groups is 1. The van der Waals surface area contributed by atoms with Crippen molar-refractivity contribution in [3.63, 3.8) is 0 Å². The van der Waals surface area contributed by atoms with Crippen molar-refractivity contribution in [2.24, 2.45) is 5.92 Å². The number of carbonyl (C=O) groups is 1. The molecule has 0 bridgehead atoms. The van der Waals surface area contributed by atoms with Crippen molar-refractivity contribution in [3.8, 4) is 0 Å². The van der Waals surface area contributed by atoms with E-state index in [1.807, 2.05) is 11.9 Å². The maximum absolute atomic E-state index is 12.4. The zero-order valence-electron chi connectivity index (χ0n) is 14.1. The van der Waals surface area contributed by atoms with Crippen LogP contribution in [0.25, 0.3) is 0 Å². The van der Waals surface area contributed by atoms with E-state index in [1.165, 1.54) is 58.0 Å². The number of carbonyl (C=O) groups excluding carboxylic acids is 1. The van der Waals surface area contributed by atoms with Crippen molar-refractivity contribution >= 4 is 6.03 Å². The molecule has 0 radical (unpaired) electrons. The average Bonchev–Trinajstić information content (AvgIpc) is 2.47. The first-order valence-corrected chi connectivity index (χ1v) is 8.82. The lowest BCUT2D eigenvalue weighted by Gasteiger charge is -2.35. The molecule has 2 amide bonds. The summed E-state index contributed by atoms with van der Waals surface area (Å²) in [7, 11) is 1.96. The van der Waals surface area contributed by atoms with E-state index in [9.17, 15) is 4.79 Å². The number of hydrogen-bond donors (Lipinski definition) is 1. The van der Waals surface area contributed by atoms with Crippen LogP contribution in [-0.4, -0.2) is 54.6 Å². The van der Waals surface area contributed by atoms with Crippen LogP contribution in [0.15, 0.2) is 0 Å². The zero-order valence-corrected chi connectivity index (χ0v) is 14.1. The second-order valence-electron chi connectivity index (χ2n) is 7.26. The van der Waals surface area contributed by atoms with Gasteiger partial charge in [-0.1, -0.05) is 26.2 Å². The number of nitrogens with zero attached hydrogens (tertiary/aromatic N) is 2. The molecule has 2 aliphatic rings. The molecular formula is C17H33N3O. The third-order valence-electron chi connectivity index (χ3n) is 5.09. The Kier molecular flexibility index (Phi) is 6.34. The van der Waals surface area contributed by atoms with Gasteiger partial charge in [-0.05, 0) is 45.1 Å². The minimum Gasteiger partial charge on any atom is -0.334 e.